The van der Waals surface area contributed by atoms with E-state index in [0.717, 1.165) is 0 Å². The summed E-state index contributed by atoms with van der Waals surface area (Å²) in [5.74, 6) is -0.185. The third-order valence-corrected chi connectivity index (χ3v) is 2.12. The number of nitrogens with zero attached hydrogens (tertiary/aromatic N) is 1. The number of carbonyl (C=O) groups is 2. The fraction of sp³-hybridized carbons (Fsp3) is 0.636. The molecule has 0 radical (unpaired) electrons. The van der Waals surface area contributed by atoms with Crippen LogP contribution in [0.15, 0.2) is 11.8 Å². The molecule has 0 N–H and O–H groups in total. The monoisotopic (exact) mass is 249 g/mol. The van der Waals surface area contributed by atoms with Gasteiger partial charge in [0.2, 0.25) is 0 Å². The summed E-state index contributed by atoms with van der Waals surface area (Å²) >= 11 is 0. The number of rotatable bonds is 0. The molecule has 5 nitrogen and oxygen atoms in total. The van der Waals surface area contributed by atoms with Gasteiger partial charge in [0.15, 0.2) is 5.78 Å². The molecule has 1 heterocycles. The van der Waals surface area contributed by atoms with Gasteiger partial charge in [-0.25, -0.2) is 4.79 Å². The van der Waals surface area contributed by atoms with E-state index in [2.05, 4.69) is 0 Å². The van der Waals surface area contributed by atoms with Crippen LogP contribution in [0.3, 0.4) is 0 Å². The number of Topliss-reactive ketones (excluding diaryl/α,β-unsaturated/α-hetero) is 1. The summed E-state index contributed by atoms with van der Waals surface area (Å²) in [5, 5.41) is 10.6. The first-order valence-electron chi connectivity index (χ1n) is 5.15. The summed E-state index contributed by atoms with van der Waals surface area (Å²) in [4.78, 5) is 24.2. The second-order valence-electron chi connectivity index (χ2n) is 4.72. The van der Waals surface area contributed by atoms with Gasteiger partial charge in [-0.1, -0.05) is 0 Å². The molecule has 0 saturated carbocycles. The molecule has 1 saturated heterocycles. The first-order valence-corrected chi connectivity index (χ1v) is 5.15. The van der Waals surface area contributed by atoms with Crippen LogP contribution in [0.1, 0.15) is 27.2 Å². The van der Waals surface area contributed by atoms with Crippen molar-refractivity contribution in [3.05, 3.63) is 11.8 Å². The zero-order chi connectivity index (χ0) is 12.3. The zero-order valence-electron chi connectivity index (χ0n) is 10.8. The predicted molar refractivity (Wildman–Crippen MR) is 55.5 cm³/mol. The maximum atomic E-state index is 11.6. The molecular formula is C11H16NNaO4. The van der Waals surface area contributed by atoms with E-state index in [1.54, 1.807) is 20.8 Å². The van der Waals surface area contributed by atoms with E-state index in [-0.39, 0.29) is 53.9 Å². The summed E-state index contributed by atoms with van der Waals surface area (Å²) in [6, 6.07) is 0. The first-order chi connectivity index (χ1) is 7.33. The van der Waals surface area contributed by atoms with E-state index in [1.807, 2.05) is 0 Å². The average Bonchev–Trinajstić information content (AvgIpc) is 2.15. The van der Waals surface area contributed by atoms with Gasteiger partial charge in [0, 0.05) is 13.0 Å². The van der Waals surface area contributed by atoms with Crippen molar-refractivity contribution in [2.24, 2.45) is 0 Å². The van der Waals surface area contributed by atoms with Crippen molar-refractivity contribution in [3.8, 4) is 0 Å². The fourth-order valence-electron chi connectivity index (χ4n) is 1.36. The van der Waals surface area contributed by atoms with Crippen LogP contribution in [0.25, 0.3) is 0 Å². The van der Waals surface area contributed by atoms with Crippen molar-refractivity contribution < 1.29 is 49.0 Å². The van der Waals surface area contributed by atoms with Crippen LogP contribution in [-0.4, -0.2) is 35.5 Å². The molecule has 0 aromatic heterocycles. The van der Waals surface area contributed by atoms with Crippen LogP contribution >= 0.6 is 0 Å². The number of likely N-dealkylation sites (tertiary alicyclic amines) is 1. The van der Waals surface area contributed by atoms with Gasteiger partial charge in [-0.15, -0.1) is 6.26 Å². The number of hydrogen-bond acceptors (Lipinski definition) is 4. The van der Waals surface area contributed by atoms with Crippen LogP contribution in [-0.2, 0) is 9.53 Å². The van der Waals surface area contributed by atoms with Gasteiger partial charge in [-0.2, -0.15) is 0 Å². The molecule has 0 aromatic carbocycles. The largest absolute Gasteiger partial charge is 1.00 e. The average molecular weight is 249 g/mol. The summed E-state index contributed by atoms with van der Waals surface area (Å²) in [6.45, 7) is 5.67. The number of hydrogen-bond donors (Lipinski definition) is 0. The molecule has 0 aromatic rings. The Bertz CT molecular complexity index is 333. The quantitative estimate of drug-likeness (QED) is 0.269. The van der Waals surface area contributed by atoms with Gasteiger partial charge in [0.05, 0.1) is 6.54 Å². The van der Waals surface area contributed by atoms with E-state index in [0.29, 0.717) is 12.8 Å². The number of carbonyl (C=O) groups excluding carboxylic acids is 2. The van der Waals surface area contributed by atoms with Crippen molar-refractivity contribution in [1.82, 2.24) is 4.90 Å². The van der Waals surface area contributed by atoms with Gasteiger partial charge >= 0.3 is 35.7 Å². The molecule has 17 heavy (non-hydrogen) atoms. The third-order valence-electron chi connectivity index (χ3n) is 2.12. The van der Waals surface area contributed by atoms with Gasteiger partial charge < -0.3 is 14.7 Å². The fourth-order valence-corrected chi connectivity index (χ4v) is 1.36. The Hall–Kier alpha value is -0.520. The van der Waals surface area contributed by atoms with E-state index in [4.69, 9.17) is 4.74 Å². The van der Waals surface area contributed by atoms with Gasteiger partial charge in [0.1, 0.15) is 5.60 Å². The van der Waals surface area contributed by atoms with E-state index in [9.17, 15) is 14.7 Å². The van der Waals surface area contributed by atoms with Crippen LogP contribution in [0.5, 0.6) is 0 Å². The number of piperidine rings is 1. The number of ketones is 1. The molecule has 0 atom stereocenters. The normalized spacial score (nSPS) is 18.9. The Balaban J connectivity index is 0.00000256. The maximum Gasteiger partial charge on any atom is 1.00 e. The van der Waals surface area contributed by atoms with Crippen molar-refractivity contribution >= 4 is 11.9 Å². The molecular weight excluding hydrogens is 233 g/mol. The smallest absolute Gasteiger partial charge is 0.878 e. The molecule has 0 unspecified atom stereocenters. The van der Waals surface area contributed by atoms with E-state index >= 15 is 0 Å². The molecule has 0 aliphatic carbocycles. The minimum atomic E-state index is -0.570. The van der Waals surface area contributed by atoms with Crippen molar-refractivity contribution in [3.63, 3.8) is 0 Å². The second kappa shape index (κ2) is 6.42. The van der Waals surface area contributed by atoms with Crippen molar-refractivity contribution in [2.75, 3.05) is 13.1 Å². The molecule has 0 bridgehead atoms. The van der Waals surface area contributed by atoms with E-state index in [1.165, 1.54) is 4.90 Å². The predicted octanol–water partition coefficient (Wildman–Crippen LogP) is -2.56. The number of amides is 1. The molecule has 6 heteroatoms. The molecule has 1 fully saturated rings. The van der Waals surface area contributed by atoms with Crippen molar-refractivity contribution in [2.45, 2.75) is 32.8 Å². The molecule has 1 amide bonds. The number of ether oxygens (including phenoxy) is 1. The zero-order valence-corrected chi connectivity index (χ0v) is 12.8. The van der Waals surface area contributed by atoms with Crippen molar-refractivity contribution in [1.29, 1.82) is 0 Å². The Morgan fingerprint density at radius 2 is 2.06 bits per heavy atom. The van der Waals surface area contributed by atoms with E-state index < -0.39 is 11.7 Å². The summed E-state index contributed by atoms with van der Waals surface area (Å²) in [6.07, 6.45) is 0.214. The van der Waals surface area contributed by atoms with Crippen LogP contribution in [0, 0.1) is 0 Å². The Morgan fingerprint density at radius 1 is 1.47 bits per heavy atom. The SMILES string of the molecule is CC(C)(C)OC(=O)N1CCC(=O)/C(=C/[O-])C1.[Na+]. The van der Waals surface area contributed by atoms with Gasteiger partial charge in [-0.3, -0.25) is 4.79 Å². The minimum absolute atomic E-state index is 0. The Kier molecular flexibility index (Phi) is 6.23. The molecule has 0 spiro atoms. The summed E-state index contributed by atoms with van der Waals surface area (Å²) < 4.78 is 5.15. The summed E-state index contributed by atoms with van der Waals surface area (Å²) in [7, 11) is 0. The topological polar surface area (TPSA) is 69.7 Å². The van der Waals surface area contributed by atoms with Gasteiger partial charge in [0.25, 0.3) is 0 Å². The maximum absolute atomic E-state index is 11.6. The molecule has 1 aliphatic heterocycles. The standard InChI is InChI=1S/C11H17NO4.Na/c1-11(2,3)16-10(15)12-5-4-9(14)8(6-12)7-13;/h7,13H,4-6H2,1-3H3;/q;+1/p-1/b8-7+;. The first kappa shape index (κ1) is 16.5. The van der Waals surface area contributed by atoms with Crippen LogP contribution < -0.4 is 34.7 Å². The van der Waals surface area contributed by atoms with Crippen LogP contribution in [0.4, 0.5) is 4.79 Å². The Labute approximate surface area is 123 Å². The molecule has 1 aliphatic rings. The summed E-state index contributed by atoms with van der Waals surface area (Å²) in [5.41, 5.74) is -0.433. The molecule has 90 valence electrons. The Morgan fingerprint density at radius 3 is 2.53 bits per heavy atom. The van der Waals surface area contributed by atoms with Gasteiger partial charge in [-0.05, 0) is 26.3 Å². The second-order valence-corrected chi connectivity index (χ2v) is 4.72. The van der Waals surface area contributed by atoms with Crippen LogP contribution in [0.2, 0.25) is 0 Å². The minimum Gasteiger partial charge on any atom is -0.878 e. The molecule has 1 rings (SSSR count). The third kappa shape index (κ3) is 5.10.